The quantitative estimate of drug-likeness (QED) is 0.453. The fourth-order valence-electron chi connectivity index (χ4n) is 4.17. The third kappa shape index (κ3) is 3.50. The zero-order valence-electron chi connectivity index (χ0n) is 17.2. The maximum Gasteiger partial charge on any atom is 0.329 e. The first-order valence-corrected chi connectivity index (χ1v) is 11.7. The van der Waals surface area contributed by atoms with Gasteiger partial charge in [-0.05, 0) is 43.5 Å². The van der Waals surface area contributed by atoms with Crippen LogP contribution in [0.4, 0.5) is 8.78 Å². The number of aliphatic hydroxyl groups is 1. The summed E-state index contributed by atoms with van der Waals surface area (Å²) in [6.45, 7) is -0.767. The Hall–Kier alpha value is -3.22. The fourth-order valence-corrected chi connectivity index (χ4v) is 4.70. The van der Waals surface area contributed by atoms with Crippen molar-refractivity contribution in [3.63, 3.8) is 0 Å². The summed E-state index contributed by atoms with van der Waals surface area (Å²) in [6, 6.07) is 4.46. The summed E-state index contributed by atoms with van der Waals surface area (Å²) in [5.41, 5.74) is 0.656. The number of aromatic nitrogens is 4. The van der Waals surface area contributed by atoms with Crippen molar-refractivity contribution >= 4 is 32.1 Å². The molecular formula is C21H19F2N5O4S. The van der Waals surface area contributed by atoms with Gasteiger partial charge in [0, 0.05) is 17.0 Å². The lowest BCUT2D eigenvalue weighted by atomic mass is 9.93. The largest absolute Gasteiger partial charge is 0.390 e. The maximum absolute atomic E-state index is 14.8. The molecule has 12 heteroatoms. The molecule has 0 amide bonds. The predicted molar refractivity (Wildman–Crippen MR) is 115 cm³/mol. The number of fused-ring (bicyclic) bond motifs is 3. The lowest BCUT2D eigenvalue weighted by molar-refractivity contribution is 0.277. The van der Waals surface area contributed by atoms with E-state index < -0.39 is 44.4 Å². The summed E-state index contributed by atoms with van der Waals surface area (Å²) in [5, 5.41) is 14.9. The molecule has 0 radical (unpaired) electrons. The van der Waals surface area contributed by atoms with Crippen LogP contribution < -0.4 is 10.8 Å². The molecule has 0 saturated heterocycles. The summed E-state index contributed by atoms with van der Waals surface area (Å²) in [6.07, 6.45) is 4.05. The highest BCUT2D eigenvalue weighted by molar-refractivity contribution is 7.89. The number of primary sulfonamides is 1. The number of pyridine rings is 2. The molecule has 3 heterocycles. The van der Waals surface area contributed by atoms with Gasteiger partial charge in [0.05, 0.1) is 41.0 Å². The molecule has 5 rings (SSSR count). The van der Waals surface area contributed by atoms with Crippen LogP contribution in [-0.4, -0.2) is 32.6 Å². The number of halogens is 2. The van der Waals surface area contributed by atoms with E-state index in [1.807, 2.05) is 0 Å². The molecule has 1 aliphatic rings. The van der Waals surface area contributed by atoms with Crippen LogP contribution in [0.15, 0.2) is 40.2 Å². The number of hydrogen-bond acceptors (Lipinski definition) is 6. The Morgan fingerprint density at radius 3 is 2.45 bits per heavy atom. The Kier molecular flexibility index (Phi) is 5.03. The maximum atomic E-state index is 14.8. The van der Waals surface area contributed by atoms with E-state index in [1.165, 1.54) is 10.8 Å². The second-order valence-corrected chi connectivity index (χ2v) is 9.62. The zero-order valence-corrected chi connectivity index (χ0v) is 18.0. The number of imidazole rings is 1. The Bertz CT molecular complexity index is 1570. The highest BCUT2D eigenvalue weighted by Crippen LogP contribution is 2.34. The van der Waals surface area contributed by atoms with E-state index >= 15 is 0 Å². The smallest absolute Gasteiger partial charge is 0.329 e. The number of aliphatic hydroxyl groups excluding tert-OH is 1. The van der Waals surface area contributed by atoms with Crippen LogP contribution >= 0.6 is 0 Å². The van der Waals surface area contributed by atoms with Crippen LogP contribution in [0.1, 0.15) is 36.6 Å². The molecule has 0 aliphatic heterocycles. The lowest BCUT2D eigenvalue weighted by Crippen LogP contribution is -2.31. The van der Waals surface area contributed by atoms with Gasteiger partial charge in [0.25, 0.3) is 0 Å². The summed E-state index contributed by atoms with van der Waals surface area (Å²) in [5.74, 6) is -2.26. The molecule has 3 N–H and O–H groups in total. The summed E-state index contributed by atoms with van der Waals surface area (Å²) >= 11 is 0. The Morgan fingerprint density at radius 1 is 1.18 bits per heavy atom. The Morgan fingerprint density at radius 2 is 1.88 bits per heavy atom. The van der Waals surface area contributed by atoms with Crippen LogP contribution in [0.25, 0.3) is 22.1 Å². The molecule has 172 valence electrons. The third-order valence-electron chi connectivity index (χ3n) is 6.07. The predicted octanol–water partition coefficient (Wildman–Crippen LogP) is 1.94. The van der Waals surface area contributed by atoms with Gasteiger partial charge in [0.1, 0.15) is 11.6 Å². The van der Waals surface area contributed by atoms with Gasteiger partial charge in [-0.3, -0.25) is 9.13 Å². The van der Waals surface area contributed by atoms with Gasteiger partial charge in [0.2, 0.25) is 10.0 Å². The van der Waals surface area contributed by atoms with Gasteiger partial charge in [-0.1, -0.05) is 0 Å². The summed E-state index contributed by atoms with van der Waals surface area (Å²) < 4.78 is 55.4. The van der Waals surface area contributed by atoms with Gasteiger partial charge in [0.15, 0.2) is 5.65 Å². The van der Waals surface area contributed by atoms with Crippen LogP contribution in [-0.2, 0) is 23.2 Å². The van der Waals surface area contributed by atoms with Gasteiger partial charge in [-0.15, -0.1) is 0 Å². The average Bonchev–Trinajstić information content (AvgIpc) is 3.00. The molecule has 9 nitrogen and oxygen atoms in total. The molecule has 0 atom stereocenters. The van der Waals surface area contributed by atoms with Crippen LogP contribution in [0.3, 0.4) is 0 Å². The fraction of sp³-hybridized carbons (Fsp3) is 0.286. The van der Waals surface area contributed by atoms with Crippen molar-refractivity contribution in [1.82, 2.24) is 19.1 Å². The van der Waals surface area contributed by atoms with Crippen LogP contribution in [0.5, 0.6) is 0 Å². The van der Waals surface area contributed by atoms with Crippen molar-refractivity contribution in [3.05, 3.63) is 63.8 Å². The normalized spacial score (nSPS) is 14.8. The SMILES string of the molecule is NS(=O)(=O)c1cc(F)c(Cn2c(=O)n(C3CCC3)c3cnc4nc(CO)ccc4c32)c(F)c1. The molecule has 4 aromatic rings. The monoisotopic (exact) mass is 475 g/mol. The number of sulfonamides is 1. The minimum absolute atomic E-state index is 0.0513. The number of nitrogens with zero attached hydrogens (tertiary/aromatic N) is 4. The van der Waals surface area contributed by atoms with Crippen LogP contribution in [0, 0.1) is 11.6 Å². The van der Waals surface area contributed by atoms with Crippen molar-refractivity contribution in [2.75, 3.05) is 0 Å². The van der Waals surface area contributed by atoms with Crippen molar-refractivity contribution in [3.8, 4) is 0 Å². The van der Waals surface area contributed by atoms with Gasteiger partial charge in [-0.2, -0.15) is 0 Å². The first-order chi connectivity index (χ1) is 15.7. The topological polar surface area (TPSA) is 133 Å². The number of hydrogen-bond donors (Lipinski definition) is 2. The molecule has 1 saturated carbocycles. The molecule has 0 spiro atoms. The first kappa shape index (κ1) is 21.6. The standard InChI is InChI=1S/C21H19F2N5O4S/c22-16-6-13(33(24,31)32)7-17(23)15(16)9-27-19-14-5-4-11(10-29)26-20(14)25-8-18(19)28(21(27)30)12-2-1-3-12/h4-8,12,29H,1-3,9-10H2,(H2,24,31,32). The lowest BCUT2D eigenvalue weighted by Gasteiger charge is -2.26. The molecule has 1 aliphatic carbocycles. The van der Waals surface area contributed by atoms with E-state index in [9.17, 15) is 27.1 Å². The minimum Gasteiger partial charge on any atom is -0.390 e. The second kappa shape index (κ2) is 7.68. The summed E-state index contributed by atoms with van der Waals surface area (Å²) in [7, 11) is -4.31. The molecule has 0 unspecified atom stereocenters. The van der Waals surface area contributed by atoms with E-state index in [2.05, 4.69) is 9.97 Å². The molecule has 3 aromatic heterocycles. The van der Waals surface area contributed by atoms with E-state index in [1.54, 1.807) is 16.7 Å². The summed E-state index contributed by atoms with van der Waals surface area (Å²) in [4.78, 5) is 21.3. The molecule has 1 aromatic carbocycles. The first-order valence-electron chi connectivity index (χ1n) is 10.2. The highest BCUT2D eigenvalue weighted by atomic mass is 32.2. The Labute approximate surface area is 186 Å². The number of benzene rings is 1. The van der Waals surface area contributed by atoms with Gasteiger partial charge >= 0.3 is 5.69 Å². The second-order valence-electron chi connectivity index (χ2n) is 8.06. The van der Waals surface area contributed by atoms with E-state index in [4.69, 9.17) is 5.14 Å². The molecular weight excluding hydrogens is 456 g/mol. The molecule has 33 heavy (non-hydrogen) atoms. The Balaban J connectivity index is 1.76. The van der Waals surface area contributed by atoms with Crippen LogP contribution in [0.2, 0.25) is 0 Å². The molecule has 1 fully saturated rings. The average molecular weight is 475 g/mol. The highest BCUT2D eigenvalue weighted by Gasteiger charge is 2.28. The van der Waals surface area contributed by atoms with E-state index in [-0.39, 0.29) is 18.3 Å². The molecule has 0 bridgehead atoms. The van der Waals surface area contributed by atoms with Crippen molar-refractivity contribution < 1.29 is 22.3 Å². The van der Waals surface area contributed by atoms with E-state index in [0.717, 1.165) is 19.3 Å². The minimum atomic E-state index is -4.31. The van der Waals surface area contributed by atoms with Crippen molar-refractivity contribution in [2.45, 2.75) is 43.4 Å². The number of rotatable bonds is 5. The van der Waals surface area contributed by atoms with E-state index in [0.29, 0.717) is 34.2 Å². The van der Waals surface area contributed by atoms with Crippen molar-refractivity contribution in [2.24, 2.45) is 5.14 Å². The number of nitrogens with two attached hydrogens (primary N) is 1. The third-order valence-corrected chi connectivity index (χ3v) is 6.96. The van der Waals surface area contributed by atoms with Gasteiger partial charge in [-0.25, -0.2) is 37.1 Å². The van der Waals surface area contributed by atoms with Crippen molar-refractivity contribution in [1.29, 1.82) is 0 Å². The van der Waals surface area contributed by atoms with Gasteiger partial charge < -0.3 is 5.11 Å². The zero-order chi connectivity index (χ0) is 23.5.